The first kappa shape index (κ1) is 18.5. The third kappa shape index (κ3) is 4.09. The van der Waals surface area contributed by atoms with Crippen LogP contribution >= 0.6 is 0 Å². The molecule has 140 valence electrons. The van der Waals surface area contributed by atoms with E-state index in [1.807, 2.05) is 0 Å². The first-order valence-electron chi connectivity index (χ1n) is 8.83. The zero-order valence-corrected chi connectivity index (χ0v) is 14.9. The Morgan fingerprint density at radius 2 is 1.81 bits per heavy atom. The number of rotatable bonds is 4. The molecule has 1 aromatic carbocycles. The number of amides is 2. The molecule has 3 rings (SSSR count). The monoisotopic (exact) mass is 362 g/mol. The van der Waals surface area contributed by atoms with Gasteiger partial charge in [-0.25, -0.2) is 4.39 Å². The van der Waals surface area contributed by atoms with Crippen LogP contribution in [0.4, 0.5) is 4.39 Å². The topological polar surface area (TPSA) is 66.9 Å². The number of carbonyl (C=O) groups is 3. The molecule has 26 heavy (non-hydrogen) atoms. The van der Waals surface area contributed by atoms with Crippen molar-refractivity contribution in [2.24, 2.45) is 0 Å². The maximum atomic E-state index is 12.9. The van der Waals surface area contributed by atoms with Crippen molar-refractivity contribution < 1.29 is 23.5 Å². The van der Waals surface area contributed by atoms with Crippen molar-refractivity contribution in [2.75, 3.05) is 33.3 Å². The number of morpholine rings is 1. The second-order valence-electron chi connectivity index (χ2n) is 7.03. The molecule has 0 aliphatic carbocycles. The van der Waals surface area contributed by atoms with Gasteiger partial charge >= 0.3 is 0 Å². The summed E-state index contributed by atoms with van der Waals surface area (Å²) in [6.07, 6.45) is 1.62. The van der Waals surface area contributed by atoms with Gasteiger partial charge in [0.1, 0.15) is 12.4 Å². The molecule has 7 heteroatoms. The van der Waals surface area contributed by atoms with Gasteiger partial charge in [-0.15, -0.1) is 0 Å². The summed E-state index contributed by atoms with van der Waals surface area (Å²) >= 11 is 0. The van der Waals surface area contributed by atoms with Crippen molar-refractivity contribution in [3.63, 3.8) is 0 Å². The van der Waals surface area contributed by atoms with E-state index < -0.39 is 5.82 Å². The quantitative estimate of drug-likeness (QED) is 0.764. The highest BCUT2D eigenvalue weighted by atomic mass is 19.1. The molecule has 2 heterocycles. The van der Waals surface area contributed by atoms with Crippen molar-refractivity contribution >= 4 is 17.6 Å². The van der Waals surface area contributed by atoms with Crippen molar-refractivity contribution in [2.45, 2.75) is 31.3 Å². The van der Waals surface area contributed by atoms with Gasteiger partial charge in [0.15, 0.2) is 5.78 Å². The number of hydrogen-bond donors (Lipinski definition) is 0. The Bertz CT molecular complexity index is 696. The van der Waals surface area contributed by atoms with E-state index in [0.717, 1.165) is 0 Å². The number of hydrogen-bond acceptors (Lipinski definition) is 4. The van der Waals surface area contributed by atoms with Crippen LogP contribution in [0.15, 0.2) is 24.3 Å². The first-order valence-corrected chi connectivity index (χ1v) is 8.83. The Labute approximate surface area is 151 Å². The highest BCUT2D eigenvalue weighted by molar-refractivity contribution is 5.97. The zero-order chi connectivity index (χ0) is 18.7. The lowest BCUT2D eigenvalue weighted by Gasteiger charge is -2.46. The Morgan fingerprint density at radius 1 is 1.15 bits per heavy atom. The Kier molecular flexibility index (Phi) is 5.36. The molecular weight excluding hydrogens is 339 g/mol. The summed E-state index contributed by atoms with van der Waals surface area (Å²) in [6, 6.07) is 5.35. The predicted octanol–water partition coefficient (Wildman–Crippen LogP) is 1.64. The van der Waals surface area contributed by atoms with Crippen LogP contribution in [0.1, 0.15) is 36.0 Å². The lowest BCUT2D eigenvalue weighted by atomic mass is 9.89. The number of nitrogens with zero attached hydrogens (tertiary/aromatic N) is 2. The average molecular weight is 362 g/mol. The van der Waals surface area contributed by atoms with Gasteiger partial charge < -0.3 is 14.5 Å². The second kappa shape index (κ2) is 7.53. The van der Waals surface area contributed by atoms with Crippen LogP contribution in [-0.4, -0.2) is 66.3 Å². The fourth-order valence-electron chi connectivity index (χ4n) is 3.52. The van der Waals surface area contributed by atoms with Crippen LogP contribution in [0, 0.1) is 5.82 Å². The van der Waals surface area contributed by atoms with E-state index >= 15 is 0 Å². The van der Waals surface area contributed by atoms with Crippen molar-refractivity contribution in [1.29, 1.82) is 0 Å². The summed E-state index contributed by atoms with van der Waals surface area (Å²) in [4.78, 5) is 39.5. The number of piperidine rings is 1. The van der Waals surface area contributed by atoms with E-state index in [1.54, 1.807) is 16.8 Å². The molecule has 2 aliphatic heterocycles. The van der Waals surface area contributed by atoms with E-state index in [4.69, 9.17) is 4.74 Å². The van der Waals surface area contributed by atoms with E-state index in [-0.39, 0.29) is 42.6 Å². The molecular formula is C19H23FN2O4. The number of carbonyl (C=O) groups excluding carboxylic acids is 3. The van der Waals surface area contributed by atoms with Gasteiger partial charge in [0.25, 0.3) is 0 Å². The van der Waals surface area contributed by atoms with Gasteiger partial charge in [-0.2, -0.15) is 0 Å². The van der Waals surface area contributed by atoms with Crippen LogP contribution in [0.25, 0.3) is 0 Å². The molecule has 0 aromatic heterocycles. The third-order valence-electron chi connectivity index (χ3n) is 5.21. The fourth-order valence-corrected chi connectivity index (χ4v) is 3.52. The van der Waals surface area contributed by atoms with Gasteiger partial charge in [0, 0.05) is 45.1 Å². The molecule has 0 N–H and O–H groups in total. The molecule has 0 radical (unpaired) electrons. The molecule has 6 nitrogen and oxygen atoms in total. The lowest BCUT2D eigenvalue weighted by Crippen LogP contribution is -2.58. The SMILES string of the molecule is CN1CC2(CCN(C(=O)CCC(=O)c3ccc(F)cc3)CC2)OCC1=O. The molecule has 1 spiro atoms. The van der Waals surface area contributed by atoms with Gasteiger partial charge in [-0.1, -0.05) is 0 Å². The molecule has 2 amide bonds. The minimum absolute atomic E-state index is 0.0200. The molecule has 2 saturated heterocycles. The Morgan fingerprint density at radius 3 is 2.42 bits per heavy atom. The highest BCUT2D eigenvalue weighted by Crippen LogP contribution is 2.30. The summed E-state index contributed by atoms with van der Waals surface area (Å²) in [5.74, 6) is -0.635. The smallest absolute Gasteiger partial charge is 0.248 e. The van der Waals surface area contributed by atoms with Crippen LogP contribution < -0.4 is 0 Å². The molecule has 1 aromatic rings. The predicted molar refractivity (Wildman–Crippen MR) is 92.1 cm³/mol. The number of likely N-dealkylation sites (N-methyl/N-ethyl adjacent to an activating group) is 1. The normalized spacial score (nSPS) is 19.7. The summed E-state index contributed by atoms with van der Waals surface area (Å²) in [5.41, 5.74) is 0.0590. The van der Waals surface area contributed by atoms with Crippen LogP contribution in [0.3, 0.4) is 0 Å². The maximum absolute atomic E-state index is 12.9. The molecule has 2 fully saturated rings. The standard InChI is InChI=1S/C19H23FN2O4/c1-21-13-19(26-12-18(21)25)8-10-22(11-9-19)17(24)7-6-16(23)14-2-4-15(20)5-3-14/h2-5H,6-13H2,1H3. The van der Waals surface area contributed by atoms with Gasteiger partial charge in [0.2, 0.25) is 11.8 Å². The summed E-state index contributed by atoms with van der Waals surface area (Å²) in [6.45, 7) is 1.77. The second-order valence-corrected chi connectivity index (χ2v) is 7.03. The van der Waals surface area contributed by atoms with Gasteiger partial charge in [0.05, 0.1) is 5.60 Å². The molecule has 0 bridgehead atoms. The van der Waals surface area contributed by atoms with Crippen LogP contribution in [-0.2, 0) is 14.3 Å². The molecule has 0 unspecified atom stereocenters. The zero-order valence-electron chi connectivity index (χ0n) is 14.9. The minimum atomic E-state index is -0.392. The first-order chi connectivity index (χ1) is 12.4. The third-order valence-corrected chi connectivity index (χ3v) is 5.21. The Balaban J connectivity index is 1.47. The van der Waals surface area contributed by atoms with E-state index in [2.05, 4.69) is 0 Å². The largest absolute Gasteiger partial charge is 0.363 e. The number of Topliss-reactive ketones (excluding diaryl/α,β-unsaturated/α-hetero) is 1. The summed E-state index contributed by atoms with van der Waals surface area (Å²) < 4.78 is 18.7. The van der Waals surface area contributed by atoms with E-state index in [1.165, 1.54) is 24.3 Å². The molecule has 0 saturated carbocycles. The number of benzene rings is 1. The van der Waals surface area contributed by atoms with Crippen LogP contribution in [0.2, 0.25) is 0 Å². The lowest BCUT2D eigenvalue weighted by molar-refractivity contribution is -0.170. The average Bonchev–Trinajstić information content (AvgIpc) is 2.64. The number of ether oxygens (including phenoxy) is 1. The van der Waals surface area contributed by atoms with Gasteiger partial charge in [-0.3, -0.25) is 14.4 Å². The highest BCUT2D eigenvalue weighted by Gasteiger charge is 2.41. The van der Waals surface area contributed by atoms with E-state index in [9.17, 15) is 18.8 Å². The van der Waals surface area contributed by atoms with Crippen LogP contribution in [0.5, 0.6) is 0 Å². The Hall–Kier alpha value is -2.28. The molecule has 2 aliphatic rings. The van der Waals surface area contributed by atoms with Gasteiger partial charge in [-0.05, 0) is 37.1 Å². The minimum Gasteiger partial charge on any atom is -0.363 e. The maximum Gasteiger partial charge on any atom is 0.248 e. The summed E-state index contributed by atoms with van der Waals surface area (Å²) in [5, 5.41) is 0. The number of halogens is 1. The fraction of sp³-hybridized carbons (Fsp3) is 0.526. The number of likely N-dealkylation sites (tertiary alicyclic amines) is 1. The van der Waals surface area contributed by atoms with Crippen molar-refractivity contribution in [1.82, 2.24) is 9.80 Å². The van der Waals surface area contributed by atoms with Crippen molar-refractivity contribution in [3.05, 3.63) is 35.6 Å². The van der Waals surface area contributed by atoms with E-state index in [0.29, 0.717) is 38.0 Å². The number of ketones is 1. The molecule has 0 atom stereocenters. The van der Waals surface area contributed by atoms with Crippen molar-refractivity contribution in [3.8, 4) is 0 Å². The summed E-state index contributed by atoms with van der Waals surface area (Å²) in [7, 11) is 1.77.